The molecule has 1 rings (SSSR count). The van der Waals surface area contributed by atoms with Gasteiger partial charge in [0, 0.05) is 6.42 Å². The molecular formula is C13H20O. The van der Waals surface area contributed by atoms with Crippen molar-refractivity contribution in [1.29, 1.82) is 0 Å². The molecule has 0 N–H and O–H groups in total. The van der Waals surface area contributed by atoms with Gasteiger partial charge in [-0.2, -0.15) is 0 Å². The number of allylic oxidation sites excluding steroid dienone is 4. The summed E-state index contributed by atoms with van der Waals surface area (Å²) < 4.78 is 0. The molecule has 0 amide bonds. The first-order valence-electron chi connectivity index (χ1n) is 5.29. The fourth-order valence-corrected chi connectivity index (χ4v) is 1.62. The summed E-state index contributed by atoms with van der Waals surface area (Å²) in [6, 6.07) is 0. The molecule has 78 valence electrons. The van der Waals surface area contributed by atoms with E-state index in [0.717, 1.165) is 6.42 Å². The monoisotopic (exact) mass is 192 g/mol. The van der Waals surface area contributed by atoms with Gasteiger partial charge >= 0.3 is 0 Å². The van der Waals surface area contributed by atoms with Gasteiger partial charge in [0.2, 0.25) is 0 Å². The van der Waals surface area contributed by atoms with E-state index in [-0.39, 0.29) is 11.2 Å². The predicted molar refractivity (Wildman–Crippen MR) is 60.1 cm³/mol. The molecule has 14 heavy (non-hydrogen) atoms. The summed E-state index contributed by atoms with van der Waals surface area (Å²) in [7, 11) is 0. The first-order valence-corrected chi connectivity index (χ1v) is 5.29. The van der Waals surface area contributed by atoms with E-state index in [1.165, 1.54) is 5.57 Å². The Labute approximate surface area is 86.9 Å². The third kappa shape index (κ3) is 3.13. The van der Waals surface area contributed by atoms with Crippen LogP contribution in [0.3, 0.4) is 0 Å². The van der Waals surface area contributed by atoms with Gasteiger partial charge in [0.1, 0.15) is 5.78 Å². The molecular weight excluding hydrogens is 172 g/mol. The molecule has 1 atom stereocenters. The molecule has 0 heterocycles. The molecule has 0 saturated carbocycles. The standard InChI is InChI=1S/C13H20O/c1-10(14)5-6-11-7-8-12(9-11)13(2,3)4/h7-9,11H,5-6H2,1-4H3. The zero-order valence-corrected chi connectivity index (χ0v) is 9.63. The first-order chi connectivity index (χ1) is 6.39. The molecule has 0 aromatic heterocycles. The molecule has 0 fully saturated rings. The second kappa shape index (κ2) is 4.12. The number of Topliss-reactive ketones (excluding diaryl/α,β-unsaturated/α-hetero) is 1. The van der Waals surface area contributed by atoms with Crippen molar-refractivity contribution in [3.8, 4) is 0 Å². The lowest BCUT2D eigenvalue weighted by molar-refractivity contribution is -0.117. The Balaban J connectivity index is 2.52. The number of carbonyl (C=O) groups excluding carboxylic acids is 1. The first kappa shape index (κ1) is 11.2. The van der Waals surface area contributed by atoms with E-state index in [2.05, 4.69) is 39.0 Å². The van der Waals surface area contributed by atoms with Crippen LogP contribution in [0.25, 0.3) is 0 Å². The predicted octanol–water partition coefficient (Wildman–Crippen LogP) is 3.51. The fraction of sp³-hybridized carbons (Fsp3) is 0.615. The summed E-state index contributed by atoms with van der Waals surface area (Å²) in [6.45, 7) is 8.32. The molecule has 1 nitrogen and oxygen atoms in total. The maximum absolute atomic E-state index is 10.8. The third-order valence-electron chi connectivity index (χ3n) is 2.61. The van der Waals surface area contributed by atoms with Crippen molar-refractivity contribution in [3.05, 3.63) is 23.8 Å². The van der Waals surface area contributed by atoms with Crippen LogP contribution in [0.5, 0.6) is 0 Å². The van der Waals surface area contributed by atoms with Crippen LogP contribution in [0.2, 0.25) is 0 Å². The summed E-state index contributed by atoms with van der Waals surface area (Å²) in [5.74, 6) is 0.768. The van der Waals surface area contributed by atoms with Crippen LogP contribution in [0.15, 0.2) is 23.8 Å². The van der Waals surface area contributed by atoms with Crippen LogP contribution in [0.4, 0.5) is 0 Å². The summed E-state index contributed by atoms with van der Waals surface area (Å²) in [6.07, 6.45) is 8.37. The molecule has 0 aromatic rings. The number of carbonyl (C=O) groups is 1. The fourth-order valence-electron chi connectivity index (χ4n) is 1.62. The highest BCUT2D eigenvalue weighted by atomic mass is 16.1. The van der Waals surface area contributed by atoms with E-state index in [1.54, 1.807) is 6.92 Å². The summed E-state index contributed by atoms with van der Waals surface area (Å²) in [5, 5.41) is 0. The highest BCUT2D eigenvalue weighted by molar-refractivity contribution is 5.75. The quantitative estimate of drug-likeness (QED) is 0.668. The lowest BCUT2D eigenvalue weighted by Gasteiger charge is -2.18. The van der Waals surface area contributed by atoms with Crippen molar-refractivity contribution in [2.45, 2.75) is 40.5 Å². The average molecular weight is 192 g/mol. The van der Waals surface area contributed by atoms with Gasteiger partial charge in [-0.3, -0.25) is 0 Å². The minimum Gasteiger partial charge on any atom is -0.300 e. The van der Waals surface area contributed by atoms with E-state index >= 15 is 0 Å². The number of ketones is 1. The topological polar surface area (TPSA) is 17.1 Å². The highest BCUT2D eigenvalue weighted by Gasteiger charge is 2.19. The van der Waals surface area contributed by atoms with Gasteiger partial charge in [-0.05, 0) is 30.3 Å². The number of rotatable bonds is 3. The van der Waals surface area contributed by atoms with Gasteiger partial charge in [0.25, 0.3) is 0 Å². The van der Waals surface area contributed by atoms with E-state index < -0.39 is 0 Å². The van der Waals surface area contributed by atoms with Crippen LogP contribution in [0, 0.1) is 11.3 Å². The van der Waals surface area contributed by atoms with Gasteiger partial charge in [0.15, 0.2) is 0 Å². The SMILES string of the molecule is CC(=O)CCC1C=CC(C(C)(C)C)=C1. The van der Waals surface area contributed by atoms with Crippen LogP contribution in [-0.2, 0) is 4.79 Å². The Hall–Kier alpha value is -0.850. The Morgan fingerprint density at radius 1 is 1.43 bits per heavy atom. The smallest absolute Gasteiger partial charge is 0.129 e. The van der Waals surface area contributed by atoms with E-state index in [1.807, 2.05) is 0 Å². The minimum atomic E-state index is 0.238. The molecule has 1 aliphatic rings. The lowest BCUT2D eigenvalue weighted by atomic mass is 9.87. The maximum Gasteiger partial charge on any atom is 0.129 e. The molecule has 0 saturated heterocycles. The van der Waals surface area contributed by atoms with Crippen molar-refractivity contribution in [1.82, 2.24) is 0 Å². The Kier molecular flexibility index (Phi) is 3.30. The summed E-state index contributed by atoms with van der Waals surface area (Å²) in [4.78, 5) is 10.8. The molecule has 1 heteroatoms. The normalized spacial score (nSPS) is 21.1. The van der Waals surface area contributed by atoms with Crippen molar-refractivity contribution >= 4 is 5.78 Å². The van der Waals surface area contributed by atoms with Crippen molar-refractivity contribution in [2.24, 2.45) is 11.3 Å². The van der Waals surface area contributed by atoms with Gasteiger partial charge in [0.05, 0.1) is 0 Å². The molecule has 0 aromatic carbocycles. The molecule has 0 aliphatic heterocycles. The zero-order valence-electron chi connectivity index (χ0n) is 9.63. The summed E-state index contributed by atoms with van der Waals surface area (Å²) >= 11 is 0. The largest absolute Gasteiger partial charge is 0.300 e. The van der Waals surface area contributed by atoms with Gasteiger partial charge in [-0.1, -0.05) is 39.0 Å². The van der Waals surface area contributed by atoms with Crippen LogP contribution < -0.4 is 0 Å². The second-order valence-corrected chi connectivity index (χ2v) is 5.14. The Bertz CT molecular complexity index is 276. The second-order valence-electron chi connectivity index (χ2n) is 5.14. The molecule has 0 radical (unpaired) electrons. The maximum atomic E-state index is 10.8. The van der Waals surface area contributed by atoms with E-state index in [4.69, 9.17) is 0 Å². The Morgan fingerprint density at radius 2 is 2.07 bits per heavy atom. The van der Waals surface area contributed by atoms with Gasteiger partial charge in [-0.25, -0.2) is 0 Å². The van der Waals surface area contributed by atoms with Crippen LogP contribution in [0.1, 0.15) is 40.5 Å². The van der Waals surface area contributed by atoms with Crippen molar-refractivity contribution in [2.75, 3.05) is 0 Å². The number of hydrogen-bond donors (Lipinski definition) is 0. The lowest BCUT2D eigenvalue weighted by Crippen LogP contribution is -2.06. The third-order valence-corrected chi connectivity index (χ3v) is 2.61. The molecule has 0 spiro atoms. The van der Waals surface area contributed by atoms with Crippen LogP contribution >= 0.6 is 0 Å². The van der Waals surface area contributed by atoms with E-state index in [0.29, 0.717) is 12.3 Å². The van der Waals surface area contributed by atoms with Gasteiger partial charge < -0.3 is 4.79 Å². The minimum absolute atomic E-state index is 0.238. The molecule has 1 aliphatic carbocycles. The van der Waals surface area contributed by atoms with Crippen molar-refractivity contribution < 1.29 is 4.79 Å². The molecule has 0 bridgehead atoms. The zero-order chi connectivity index (χ0) is 10.8. The summed E-state index contributed by atoms with van der Waals surface area (Å²) in [5.41, 5.74) is 1.63. The number of hydrogen-bond acceptors (Lipinski definition) is 1. The average Bonchev–Trinajstić information content (AvgIpc) is 2.47. The van der Waals surface area contributed by atoms with Gasteiger partial charge in [-0.15, -0.1) is 0 Å². The van der Waals surface area contributed by atoms with E-state index in [9.17, 15) is 4.79 Å². The van der Waals surface area contributed by atoms with Crippen LogP contribution in [-0.4, -0.2) is 5.78 Å². The molecule has 1 unspecified atom stereocenters. The highest BCUT2D eigenvalue weighted by Crippen LogP contribution is 2.33. The Morgan fingerprint density at radius 3 is 2.50 bits per heavy atom. The van der Waals surface area contributed by atoms with Crippen molar-refractivity contribution in [3.63, 3.8) is 0 Å².